The molecular weight excluding hydrogens is 203 g/mol. The Morgan fingerprint density at radius 3 is 2.25 bits per heavy atom. The minimum Gasteiger partial charge on any atom is -0.453 e. The van der Waals surface area contributed by atoms with Crippen LogP contribution in [0, 0.1) is 5.82 Å². The molecule has 1 aromatic heterocycles. The molecule has 0 aliphatic heterocycles. The first kappa shape index (κ1) is 9.16. The molecule has 0 aliphatic rings. The second-order valence-electron chi connectivity index (χ2n) is 3.61. The van der Waals surface area contributed by atoms with Crippen LogP contribution in [0.25, 0.3) is 22.3 Å². The predicted octanol–water partition coefficient (Wildman–Crippen LogP) is 4.24. The van der Waals surface area contributed by atoms with Crippen LogP contribution in [0.1, 0.15) is 0 Å². The summed E-state index contributed by atoms with van der Waals surface area (Å²) in [6.45, 7) is 0. The molecule has 0 saturated heterocycles. The highest BCUT2D eigenvalue weighted by Gasteiger charge is 2.14. The van der Waals surface area contributed by atoms with Gasteiger partial charge in [0.15, 0.2) is 11.6 Å². The van der Waals surface area contributed by atoms with Gasteiger partial charge in [0.1, 0.15) is 5.58 Å². The fraction of sp³-hybridized carbons (Fsp3) is 0. The fourth-order valence-electron chi connectivity index (χ4n) is 1.79. The molecule has 0 N–H and O–H groups in total. The zero-order valence-electron chi connectivity index (χ0n) is 8.48. The van der Waals surface area contributed by atoms with Crippen LogP contribution < -0.4 is 0 Å². The Morgan fingerprint density at radius 1 is 0.812 bits per heavy atom. The number of benzene rings is 2. The van der Waals surface area contributed by atoms with E-state index in [1.165, 1.54) is 0 Å². The quantitative estimate of drug-likeness (QED) is 0.588. The Hall–Kier alpha value is -2.09. The molecule has 0 atom stereocenters. The smallest absolute Gasteiger partial charge is 0.177 e. The van der Waals surface area contributed by atoms with Gasteiger partial charge in [0, 0.05) is 5.56 Å². The molecule has 0 bridgehead atoms. The summed E-state index contributed by atoms with van der Waals surface area (Å²) in [5.41, 5.74) is 1.34. The van der Waals surface area contributed by atoms with Crippen LogP contribution in [0.5, 0.6) is 0 Å². The largest absolute Gasteiger partial charge is 0.453 e. The van der Waals surface area contributed by atoms with Crippen LogP contribution in [0.3, 0.4) is 0 Å². The summed E-state index contributed by atoms with van der Waals surface area (Å²) in [6.07, 6.45) is 0. The molecule has 0 saturated carbocycles. The van der Waals surface area contributed by atoms with Gasteiger partial charge in [0.2, 0.25) is 0 Å². The van der Waals surface area contributed by atoms with Gasteiger partial charge in [-0.2, -0.15) is 0 Å². The van der Waals surface area contributed by atoms with E-state index in [1.54, 1.807) is 18.2 Å². The molecule has 0 amide bonds. The van der Waals surface area contributed by atoms with Crippen molar-refractivity contribution < 1.29 is 8.81 Å². The lowest BCUT2D eigenvalue weighted by Gasteiger charge is -1.94. The maximum atomic E-state index is 14.0. The van der Waals surface area contributed by atoms with E-state index in [4.69, 9.17) is 4.42 Å². The minimum absolute atomic E-state index is 0.290. The predicted molar refractivity (Wildman–Crippen MR) is 61.6 cm³/mol. The van der Waals surface area contributed by atoms with Crippen LogP contribution in [0.15, 0.2) is 59.0 Å². The van der Waals surface area contributed by atoms with Crippen molar-refractivity contribution in [1.29, 1.82) is 0 Å². The maximum absolute atomic E-state index is 14.0. The summed E-state index contributed by atoms with van der Waals surface area (Å²) in [5, 5.41) is 0.529. The van der Waals surface area contributed by atoms with E-state index in [2.05, 4.69) is 0 Å². The first-order valence-electron chi connectivity index (χ1n) is 5.09. The first-order chi connectivity index (χ1) is 7.86. The van der Waals surface area contributed by atoms with Crippen molar-refractivity contribution in [2.45, 2.75) is 0 Å². The Morgan fingerprint density at radius 2 is 1.50 bits per heavy atom. The van der Waals surface area contributed by atoms with Crippen LogP contribution >= 0.6 is 0 Å². The third kappa shape index (κ3) is 1.31. The maximum Gasteiger partial charge on any atom is 0.177 e. The van der Waals surface area contributed by atoms with Gasteiger partial charge in [-0.25, -0.2) is 4.39 Å². The molecule has 0 fully saturated rings. The van der Waals surface area contributed by atoms with Gasteiger partial charge in [-0.1, -0.05) is 42.5 Å². The third-order valence-electron chi connectivity index (χ3n) is 2.57. The van der Waals surface area contributed by atoms with E-state index in [1.807, 2.05) is 36.4 Å². The van der Waals surface area contributed by atoms with Crippen LogP contribution in [-0.2, 0) is 0 Å². The van der Waals surface area contributed by atoms with Gasteiger partial charge in [0.05, 0.1) is 5.39 Å². The van der Waals surface area contributed by atoms with E-state index in [0.29, 0.717) is 16.7 Å². The summed E-state index contributed by atoms with van der Waals surface area (Å²) in [4.78, 5) is 0. The third-order valence-corrected chi connectivity index (χ3v) is 2.57. The highest BCUT2D eigenvalue weighted by Crippen LogP contribution is 2.31. The summed E-state index contributed by atoms with van der Waals surface area (Å²) in [7, 11) is 0. The molecule has 0 aliphatic carbocycles. The number of hydrogen-bond donors (Lipinski definition) is 0. The molecule has 78 valence electrons. The fourth-order valence-corrected chi connectivity index (χ4v) is 1.79. The minimum atomic E-state index is -0.290. The van der Waals surface area contributed by atoms with Crippen molar-refractivity contribution >= 4 is 11.0 Å². The van der Waals surface area contributed by atoms with Gasteiger partial charge in [0.25, 0.3) is 0 Å². The Kier molecular flexibility index (Phi) is 2.00. The van der Waals surface area contributed by atoms with E-state index < -0.39 is 0 Å². The second-order valence-corrected chi connectivity index (χ2v) is 3.61. The standard InChI is InChI=1S/C14H9FO/c15-13-11-8-4-5-9-12(11)16-14(13)10-6-2-1-3-7-10/h1-9H. The average molecular weight is 212 g/mol. The number of halogens is 1. The van der Waals surface area contributed by atoms with Crippen LogP contribution in [0.4, 0.5) is 4.39 Å². The molecule has 0 spiro atoms. The Balaban J connectivity index is 2.29. The summed E-state index contributed by atoms with van der Waals surface area (Å²) in [5.74, 6) is 0.0172. The van der Waals surface area contributed by atoms with Crippen LogP contribution in [-0.4, -0.2) is 0 Å². The van der Waals surface area contributed by atoms with Gasteiger partial charge < -0.3 is 4.42 Å². The number of hydrogen-bond acceptors (Lipinski definition) is 1. The van der Waals surface area contributed by atoms with Gasteiger partial charge in [-0.3, -0.25) is 0 Å². The van der Waals surface area contributed by atoms with Gasteiger partial charge in [-0.15, -0.1) is 0 Å². The number of para-hydroxylation sites is 1. The molecule has 3 rings (SSSR count). The van der Waals surface area contributed by atoms with Crippen molar-refractivity contribution in [2.75, 3.05) is 0 Å². The molecule has 0 unspecified atom stereocenters. The molecule has 2 aromatic carbocycles. The Bertz CT molecular complexity index is 626. The summed E-state index contributed by atoms with van der Waals surface area (Å²) >= 11 is 0. The molecule has 16 heavy (non-hydrogen) atoms. The summed E-state index contributed by atoms with van der Waals surface area (Å²) < 4.78 is 19.5. The van der Waals surface area contributed by atoms with Crippen LogP contribution in [0.2, 0.25) is 0 Å². The summed E-state index contributed by atoms with van der Waals surface area (Å²) in [6, 6.07) is 16.4. The normalized spacial score (nSPS) is 10.8. The number of rotatable bonds is 1. The van der Waals surface area contributed by atoms with Gasteiger partial charge >= 0.3 is 0 Å². The molecule has 1 heterocycles. The lowest BCUT2D eigenvalue weighted by molar-refractivity contribution is 0.574. The zero-order chi connectivity index (χ0) is 11.0. The highest BCUT2D eigenvalue weighted by atomic mass is 19.1. The lowest BCUT2D eigenvalue weighted by Crippen LogP contribution is -1.76. The van der Waals surface area contributed by atoms with Crippen molar-refractivity contribution in [2.24, 2.45) is 0 Å². The van der Waals surface area contributed by atoms with Crippen molar-refractivity contribution in [3.8, 4) is 11.3 Å². The molecule has 2 heteroatoms. The molecule has 0 radical (unpaired) electrons. The highest BCUT2D eigenvalue weighted by molar-refractivity contribution is 5.83. The van der Waals surface area contributed by atoms with Crippen molar-refractivity contribution in [3.63, 3.8) is 0 Å². The SMILES string of the molecule is Fc1c(-c2ccccc2)oc2ccccc12. The molecular formula is C14H9FO. The number of fused-ring (bicyclic) bond motifs is 1. The topological polar surface area (TPSA) is 13.1 Å². The number of furan rings is 1. The Labute approximate surface area is 92.1 Å². The van der Waals surface area contributed by atoms with E-state index >= 15 is 0 Å². The molecule has 1 nitrogen and oxygen atoms in total. The zero-order valence-corrected chi connectivity index (χ0v) is 8.48. The van der Waals surface area contributed by atoms with E-state index in [-0.39, 0.29) is 5.82 Å². The van der Waals surface area contributed by atoms with Crippen molar-refractivity contribution in [1.82, 2.24) is 0 Å². The monoisotopic (exact) mass is 212 g/mol. The van der Waals surface area contributed by atoms with E-state index in [0.717, 1.165) is 5.56 Å². The lowest BCUT2D eigenvalue weighted by atomic mass is 10.1. The van der Waals surface area contributed by atoms with Crippen molar-refractivity contribution in [3.05, 3.63) is 60.4 Å². The first-order valence-corrected chi connectivity index (χ1v) is 5.09. The van der Waals surface area contributed by atoms with Gasteiger partial charge in [-0.05, 0) is 12.1 Å². The molecule has 3 aromatic rings. The second kappa shape index (κ2) is 3.49. The average Bonchev–Trinajstić information content (AvgIpc) is 2.69. The van der Waals surface area contributed by atoms with E-state index in [9.17, 15) is 4.39 Å².